The maximum absolute atomic E-state index is 11.7. The summed E-state index contributed by atoms with van der Waals surface area (Å²) in [7, 11) is -2.61. The molecule has 1 atom stereocenters. The van der Waals surface area contributed by atoms with Crippen molar-refractivity contribution in [1.82, 2.24) is 4.72 Å². The first-order valence-electron chi connectivity index (χ1n) is 6.49. The van der Waals surface area contributed by atoms with E-state index >= 15 is 0 Å². The number of hydrogen-bond donors (Lipinski definition) is 2. The molecule has 1 aliphatic rings. The van der Waals surface area contributed by atoms with Crippen LogP contribution in [0.5, 0.6) is 0 Å². The fourth-order valence-electron chi connectivity index (χ4n) is 2.49. The van der Waals surface area contributed by atoms with Crippen molar-refractivity contribution in [3.05, 3.63) is 28.3 Å². The standard InChI is InChI=1S/C12H15N3O6S/c1-13-22(20,21)8-4-5-9(11(7-8)15(18)19)14-6-2-3-10(14)12(16)17/h4-5,7,10,13H,2-3,6H2,1H3,(H,16,17)/t10-/m1/s1. The Labute approximate surface area is 126 Å². The zero-order valence-electron chi connectivity index (χ0n) is 11.7. The van der Waals surface area contributed by atoms with Crippen LogP contribution in [-0.2, 0) is 14.8 Å². The van der Waals surface area contributed by atoms with Crippen molar-refractivity contribution in [2.75, 3.05) is 18.5 Å². The van der Waals surface area contributed by atoms with Crippen LogP contribution >= 0.6 is 0 Å². The van der Waals surface area contributed by atoms with Gasteiger partial charge in [0.25, 0.3) is 5.69 Å². The Morgan fingerprint density at radius 2 is 2.18 bits per heavy atom. The van der Waals surface area contributed by atoms with Crippen LogP contribution in [0.2, 0.25) is 0 Å². The molecule has 0 spiro atoms. The summed E-state index contributed by atoms with van der Waals surface area (Å²) in [5.41, 5.74) is -0.311. The minimum absolute atomic E-state index is 0.116. The van der Waals surface area contributed by atoms with Gasteiger partial charge < -0.3 is 10.0 Å². The van der Waals surface area contributed by atoms with Crippen molar-refractivity contribution in [2.45, 2.75) is 23.8 Å². The molecule has 2 rings (SSSR count). The van der Waals surface area contributed by atoms with Gasteiger partial charge in [-0.2, -0.15) is 0 Å². The number of carboxylic acids is 1. The molecule has 1 aromatic rings. The predicted octanol–water partition coefficient (Wildman–Crippen LogP) is 0.556. The van der Waals surface area contributed by atoms with Gasteiger partial charge in [0.15, 0.2) is 0 Å². The Balaban J connectivity index is 2.53. The molecule has 0 saturated carbocycles. The maximum Gasteiger partial charge on any atom is 0.326 e. The van der Waals surface area contributed by atoms with E-state index in [1.54, 1.807) is 0 Å². The molecule has 1 saturated heterocycles. The van der Waals surface area contributed by atoms with Crippen molar-refractivity contribution in [3.8, 4) is 0 Å². The van der Waals surface area contributed by atoms with Gasteiger partial charge in [-0.25, -0.2) is 17.9 Å². The van der Waals surface area contributed by atoms with Crippen LogP contribution in [0.25, 0.3) is 0 Å². The van der Waals surface area contributed by atoms with Crippen LogP contribution in [0, 0.1) is 10.1 Å². The lowest BCUT2D eigenvalue weighted by atomic mass is 10.2. The summed E-state index contributed by atoms with van der Waals surface area (Å²) in [6, 6.07) is 2.61. The Bertz CT molecular complexity index is 718. The fourth-order valence-corrected chi connectivity index (χ4v) is 3.24. The lowest BCUT2D eigenvalue weighted by Gasteiger charge is -2.23. The first-order valence-corrected chi connectivity index (χ1v) is 7.97. The van der Waals surface area contributed by atoms with Gasteiger partial charge in [-0.15, -0.1) is 0 Å². The number of sulfonamides is 1. The van der Waals surface area contributed by atoms with Crippen LogP contribution in [-0.4, -0.2) is 44.1 Å². The number of aliphatic carboxylic acids is 1. The Kier molecular flexibility index (Phi) is 4.33. The van der Waals surface area contributed by atoms with E-state index in [9.17, 15) is 28.4 Å². The summed E-state index contributed by atoms with van der Waals surface area (Å²) >= 11 is 0. The number of nitro benzene ring substituents is 1. The van der Waals surface area contributed by atoms with Gasteiger partial charge in [-0.1, -0.05) is 0 Å². The minimum atomic E-state index is -3.81. The molecule has 9 nitrogen and oxygen atoms in total. The monoisotopic (exact) mass is 329 g/mol. The number of nitrogens with zero attached hydrogens (tertiary/aromatic N) is 2. The van der Waals surface area contributed by atoms with Gasteiger partial charge >= 0.3 is 5.97 Å². The summed E-state index contributed by atoms with van der Waals surface area (Å²) in [5.74, 6) is -1.06. The Morgan fingerprint density at radius 1 is 1.50 bits per heavy atom. The molecule has 0 aromatic heterocycles. The van der Waals surface area contributed by atoms with Crippen LogP contribution in [0.1, 0.15) is 12.8 Å². The van der Waals surface area contributed by atoms with E-state index in [2.05, 4.69) is 4.72 Å². The summed E-state index contributed by atoms with van der Waals surface area (Å²) in [4.78, 5) is 22.9. The van der Waals surface area contributed by atoms with E-state index < -0.39 is 32.6 Å². The second kappa shape index (κ2) is 5.89. The number of anilines is 1. The first-order chi connectivity index (χ1) is 10.3. The highest BCUT2D eigenvalue weighted by Gasteiger charge is 2.34. The highest BCUT2D eigenvalue weighted by Crippen LogP contribution is 2.35. The second-order valence-electron chi connectivity index (χ2n) is 4.80. The Hall–Kier alpha value is -2.20. The number of carbonyl (C=O) groups is 1. The average molecular weight is 329 g/mol. The number of benzene rings is 1. The van der Waals surface area contributed by atoms with E-state index in [4.69, 9.17) is 0 Å². The van der Waals surface area contributed by atoms with E-state index in [0.717, 1.165) is 6.07 Å². The number of nitro groups is 1. The number of hydrogen-bond acceptors (Lipinski definition) is 6. The van der Waals surface area contributed by atoms with Crippen molar-refractivity contribution in [3.63, 3.8) is 0 Å². The van der Waals surface area contributed by atoms with Crippen molar-refractivity contribution >= 4 is 27.4 Å². The summed E-state index contributed by atoms with van der Waals surface area (Å²) in [6.07, 6.45) is 0.994. The first kappa shape index (κ1) is 16.2. The average Bonchev–Trinajstić information content (AvgIpc) is 2.96. The quantitative estimate of drug-likeness (QED) is 0.596. The van der Waals surface area contributed by atoms with Gasteiger partial charge in [0.2, 0.25) is 10.0 Å². The molecule has 0 bridgehead atoms. The van der Waals surface area contributed by atoms with Gasteiger partial charge in [-0.05, 0) is 32.0 Å². The molecule has 1 aliphatic heterocycles. The van der Waals surface area contributed by atoms with Crippen molar-refractivity contribution in [2.24, 2.45) is 0 Å². The maximum atomic E-state index is 11.7. The molecular weight excluding hydrogens is 314 g/mol. The SMILES string of the molecule is CNS(=O)(=O)c1ccc(N2CCC[C@@H]2C(=O)O)c([N+](=O)[O-])c1. The highest BCUT2D eigenvalue weighted by atomic mass is 32.2. The van der Waals surface area contributed by atoms with E-state index in [1.807, 2.05) is 0 Å². The summed E-state index contributed by atoms with van der Waals surface area (Å²) < 4.78 is 25.6. The lowest BCUT2D eigenvalue weighted by molar-refractivity contribution is -0.384. The molecule has 1 heterocycles. The largest absolute Gasteiger partial charge is 0.480 e. The molecular formula is C12H15N3O6S. The van der Waals surface area contributed by atoms with Crippen molar-refractivity contribution < 1.29 is 23.2 Å². The third-order valence-electron chi connectivity index (χ3n) is 3.57. The molecule has 0 radical (unpaired) electrons. The summed E-state index contributed by atoms with van der Waals surface area (Å²) in [5, 5.41) is 20.4. The van der Waals surface area contributed by atoms with E-state index in [1.165, 1.54) is 24.1 Å². The normalized spacial score (nSPS) is 18.4. The van der Waals surface area contributed by atoms with Gasteiger partial charge in [0.1, 0.15) is 11.7 Å². The summed E-state index contributed by atoms with van der Waals surface area (Å²) in [6.45, 7) is 0.371. The van der Waals surface area contributed by atoms with Gasteiger partial charge in [0.05, 0.1) is 9.82 Å². The molecule has 0 unspecified atom stereocenters. The molecule has 0 amide bonds. The number of nitrogens with one attached hydrogen (secondary N) is 1. The van der Waals surface area contributed by atoms with E-state index in [-0.39, 0.29) is 10.6 Å². The molecule has 120 valence electrons. The molecule has 1 aromatic carbocycles. The van der Waals surface area contributed by atoms with Crippen LogP contribution in [0.15, 0.2) is 23.1 Å². The van der Waals surface area contributed by atoms with Crippen LogP contribution < -0.4 is 9.62 Å². The van der Waals surface area contributed by atoms with Crippen LogP contribution in [0.3, 0.4) is 0 Å². The zero-order valence-corrected chi connectivity index (χ0v) is 12.5. The molecule has 22 heavy (non-hydrogen) atoms. The van der Waals surface area contributed by atoms with E-state index in [0.29, 0.717) is 19.4 Å². The number of carboxylic acid groups (broad SMARTS) is 1. The smallest absolute Gasteiger partial charge is 0.326 e. The molecule has 2 N–H and O–H groups in total. The third-order valence-corrected chi connectivity index (χ3v) is 4.98. The van der Waals surface area contributed by atoms with Crippen molar-refractivity contribution in [1.29, 1.82) is 0 Å². The molecule has 10 heteroatoms. The van der Waals surface area contributed by atoms with Gasteiger partial charge in [-0.3, -0.25) is 10.1 Å². The zero-order chi connectivity index (χ0) is 16.5. The molecule has 1 fully saturated rings. The lowest BCUT2D eigenvalue weighted by Crippen LogP contribution is -2.36. The Morgan fingerprint density at radius 3 is 2.73 bits per heavy atom. The predicted molar refractivity (Wildman–Crippen MR) is 77.3 cm³/mol. The van der Waals surface area contributed by atoms with Crippen LogP contribution in [0.4, 0.5) is 11.4 Å². The number of rotatable bonds is 5. The topological polar surface area (TPSA) is 130 Å². The third kappa shape index (κ3) is 2.88. The highest BCUT2D eigenvalue weighted by molar-refractivity contribution is 7.89. The van der Waals surface area contributed by atoms with Gasteiger partial charge in [0, 0.05) is 12.6 Å². The molecule has 0 aliphatic carbocycles. The second-order valence-corrected chi connectivity index (χ2v) is 6.69. The minimum Gasteiger partial charge on any atom is -0.480 e. The fraction of sp³-hybridized carbons (Fsp3) is 0.417.